The van der Waals surface area contributed by atoms with E-state index in [9.17, 15) is 4.79 Å². The number of halogens is 1. The van der Waals surface area contributed by atoms with E-state index in [2.05, 4.69) is 6.92 Å². The van der Waals surface area contributed by atoms with Crippen molar-refractivity contribution in [2.45, 2.75) is 39.2 Å². The molecule has 90 valence electrons. The zero-order chi connectivity index (χ0) is 12.0. The molecule has 0 fully saturated rings. The Balaban J connectivity index is 2.34. The molecule has 0 spiro atoms. The molecule has 0 saturated carbocycles. The van der Waals surface area contributed by atoms with Gasteiger partial charge >= 0.3 is 0 Å². The van der Waals surface area contributed by atoms with Crippen LogP contribution in [0.25, 0.3) is 0 Å². The molecule has 2 nitrogen and oxygen atoms in total. The average Bonchev–Trinajstić information content (AvgIpc) is 2.64. The molecule has 1 aromatic rings. The fourth-order valence-electron chi connectivity index (χ4n) is 1.48. The first-order chi connectivity index (χ1) is 7.63. The van der Waals surface area contributed by atoms with E-state index in [4.69, 9.17) is 11.6 Å². The van der Waals surface area contributed by atoms with Crippen molar-refractivity contribution in [3.63, 3.8) is 0 Å². The van der Waals surface area contributed by atoms with Crippen molar-refractivity contribution >= 4 is 28.8 Å². The Morgan fingerprint density at radius 2 is 2.19 bits per heavy atom. The molecule has 1 rings (SSSR count). The Morgan fingerprint density at radius 1 is 1.44 bits per heavy atom. The van der Waals surface area contributed by atoms with Gasteiger partial charge < -0.3 is 4.90 Å². The quantitative estimate of drug-likeness (QED) is 0.709. The second kappa shape index (κ2) is 6.92. The van der Waals surface area contributed by atoms with Crippen molar-refractivity contribution in [2.24, 2.45) is 0 Å². The van der Waals surface area contributed by atoms with Crippen LogP contribution in [0.5, 0.6) is 0 Å². The van der Waals surface area contributed by atoms with Crippen LogP contribution >= 0.6 is 22.9 Å². The fourth-order valence-corrected chi connectivity index (χ4v) is 2.62. The molecule has 0 aliphatic rings. The monoisotopic (exact) mass is 259 g/mol. The third kappa shape index (κ3) is 4.54. The van der Waals surface area contributed by atoms with Crippen LogP contribution in [-0.4, -0.2) is 17.9 Å². The summed E-state index contributed by atoms with van der Waals surface area (Å²) < 4.78 is 0.779. The Hall–Kier alpha value is -0.540. The van der Waals surface area contributed by atoms with Gasteiger partial charge in [-0.3, -0.25) is 4.79 Å². The van der Waals surface area contributed by atoms with Crippen LogP contribution < -0.4 is 0 Å². The van der Waals surface area contributed by atoms with Gasteiger partial charge in [-0.25, -0.2) is 0 Å². The highest BCUT2D eigenvalue weighted by atomic mass is 35.5. The predicted molar refractivity (Wildman–Crippen MR) is 69.9 cm³/mol. The molecule has 0 unspecified atom stereocenters. The maximum Gasteiger partial charge on any atom is 0.222 e. The first kappa shape index (κ1) is 13.5. The molecule has 1 heterocycles. The van der Waals surface area contributed by atoms with Gasteiger partial charge in [0.2, 0.25) is 5.91 Å². The van der Waals surface area contributed by atoms with Crippen LogP contribution in [-0.2, 0) is 11.3 Å². The normalized spacial score (nSPS) is 10.4. The summed E-state index contributed by atoms with van der Waals surface area (Å²) in [5, 5.41) is 0. The van der Waals surface area contributed by atoms with Crippen LogP contribution in [0.4, 0.5) is 0 Å². The maximum absolute atomic E-state index is 11.7. The molecular weight excluding hydrogens is 242 g/mol. The van der Waals surface area contributed by atoms with Gasteiger partial charge in [-0.2, -0.15) is 0 Å². The molecule has 1 amide bonds. The van der Waals surface area contributed by atoms with E-state index in [0.29, 0.717) is 13.0 Å². The van der Waals surface area contributed by atoms with Crippen LogP contribution in [0.1, 0.15) is 37.5 Å². The lowest BCUT2D eigenvalue weighted by Crippen LogP contribution is -2.25. The summed E-state index contributed by atoms with van der Waals surface area (Å²) >= 11 is 7.37. The molecule has 0 aromatic carbocycles. The zero-order valence-electron chi connectivity index (χ0n) is 9.83. The molecule has 4 heteroatoms. The number of rotatable bonds is 6. The summed E-state index contributed by atoms with van der Waals surface area (Å²) in [6.07, 6.45) is 3.93. The smallest absolute Gasteiger partial charge is 0.222 e. The van der Waals surface area contributed by atoms with Gasteiger partial charge in [0.05, 0.1) is 10.9 Å². The molecule has 0 atom stereocenters. The van der Waals surface area contributed by atoms with Crippen LogP contribution in [0, 0.1) is 0 Å². The Bertz CT molecular complexity index is 338. The van der Waals surface area contributed by atoms with Gasteiger partial charge in [0.1, 0.15) is 0 Å². The lowest BCUT2D eigenvalue weighted by Gasteiger charge is -2.15. The summed E-state index contributed by atoms with van der Waals surface area (Å²) in [6.45, 7) is 2.81. The van der Waals surface area contributed by atoms with E-state index in [1.54, 1.807) is 4.90 Å². The second-order valence-electron chi connectivity index (χ2n) is 3.91. The number of hydrogen-bond donors (Lipinski definition) is 0. The molecule has 0 bridgehead atoms. The summed E-state index contributed by atoms with van der Waals surface area (Å²) in [5.74, 6) is 0.220. The van der Waals surface area contributed by atoms with Gasteiger partial charge in [-0.1, -0.05) is 31.4 Å². The number of unbranched alkanes of at least 4 members (excludes halogenated alkanes) is 2. The molecule has 0 radical (unpaired) electrons. The third-order valence-electron chi connectivity index (χ3n) is 2.44. The predicted octanol–water partition coefficient (Wildman–Crippen LogP) is 3.94. The first-order valence-electron chi connectivity index (χ1n) is 5.61. The van der Waals surface area contributed by atoms with Gasteiger partial charge in [0, 0.05) is 18.3 Å². The van der Waals surface area contributed by atoms with Crippen molar-refractivity contribution in [1.82, 2.24) is 4.90 Å². The molecular formula is C12H18ClNOS. The highest BCUT2D eigenvalue weighted by Gasteiger charge is 2.09. The number of amides is 1. The highest BCUT2D eigenvalue weighted by molar-refractivity contribution is 7.16. The molecule has 0 N–H and O–H groups in total. The molecule has 1 aromatic heterocycles. The van der Waals surface area contributed by atoms with E-state index >= 15 is 0 Å². The first-order valence-corrected chi connectivity index (χ1v) is 6.81. The Kier molecular flexibility index (Phi) is 5.85. The molecule has 16 heavy (non-hydrogen) atoms. The minimum absolute atomic E-state index is 0.220. The number of carbonyl (C=O) groups excluding carboxylic acids is 1. The van der Waals surface area contributed by atoms with Gasteiger partial charge in [0.15, 0.2) is 0 Å². The second-order valence-corrected chi connectivity index (χ2v) is 5.71. The Morgan fingerprint density at radius 3 is 2.75 bits per heavy atom. The molecule has 0 aliphatic carbocycles. The van der Waals surface area contributed by atoms with Crippen molar-refractivity contribution in [2.75, 3.05) is 7.05 Å². The number of hydrogen-bond acceptors (Lipinski definition) is 2. The van der Waals surface area contributed by atoms with Crippen LogP contribution in [0.2, 0.25) is 4.34 Å². The summed E-state index contributed by atoms with van der Waals surface area (Å²) in [4.78, 5) is 14.6. The van der Waals surface area contributed by atoms with Crippen LogP contribution in [0.3, 0.4) is 0 Å². The van der Waals surface area contributed by atoms with E-state index in [-0.39, 0.29) is 5.91 Å². The number of carbonyl (C=O) groups is 1. The lowest BCUT2D eigenvalue weighted by atomic mass is 10.2. The number of thiophene rings is 1. The van der Waals surface area contributed by atoms with Gasteiger partial charge in [0.25, 0.3) is 0 Å². The molecule has 0 aliphatic heterocycles. The minimum atomic E-state index is 0.220. The molecule has 0 saturated heterocycles. The Labute approximate surface area is 106 Å². The van der Waals surface area contributed by atoms with Crippen LogP contribution in [0.15, 0.2) is 12.1 Å². The fraction of sp³-hybridized carbons (Fsp3) is 0.583. The zero-order valence-corrected chi connectivity index (χ0v) is 11.4. The minimum Gasteiger partial charge on any atom is -0.341 e. The van der Waals surface area contributed by atoms with E-state index in [1.165, 1.54) is 11.3 Å². The largest absolute Gasteiger partial charge is 0.341 e. The van der Waals surface area contributed by atoms with E-state index in [1.807, 2.05) is 19.2 Å². The SMILES string of the molecule is CCCCCC(=O)N(C)Cc1ccc(Cl)s1. The van der Waals surface area contributed by atoms with Crippen molar-refractivity contribution < 1.29 is 4.79 Å². The standard InChI is InChI=1S/C12H18ClNOS/c1-3-4-5-6-12(15)14(2)9-10-7-8-11(13)16-10/h7-8H,3-6,9H2,1-2H3. The topological polar surface area (TPSA) is 20.3 Å². The van der Waals surface area contributed by atoms with Crippen molar-refractivity contribution in [1.29, 1.82) is 0 Å². The summed E-state index contributed by atoms with van der Waals surface area (Å²) in [6, 6.07) is 3.85. The summed E-state index contributed by atoms with van der Waals surface area (Å²) in [7, 11) is 1.85. The number of nitrogens with zero attached hydrogens (tertiary/aromatic N) is 1. The highest BCUT2D eigenvalue weighted by Crippen LogP contribution is 2.22. The third-order valence-corrected chi connectivity index (χ3v) is 3.66. The van der Waals surface area contributed by atoms with E-state index in [0.717, 1.165) is 28.5 Å². The average molecular weight is 260 g/mol. The lowest BCUT2D eigenvalue weighted by molar-refractivity contribution is -0.130. The van der Waals surface area contributed by atoms with Gasteiger partial charge in [-0.15, -0.1) is 11.3 Å². The van der Waals surface area contributed by atoms with Crippen molar-refractivity contribution in [3.05, 3.63) is 21.3 Å². The maximum atomic E-state index is 11.7. The van der Waals surface area contributed by atoms with Crippen molar-refractivity contribution in [3.8, 4) is 0 Å². The van der Waals surface area contributed by atoms with Gasteiger partial charge in [-0.05, 0) is 18.6 Å². The van der Waals surface area contributed by atoms with E-state index < -0.39 is 0 Å². The summed E-state index contributed by atoms with van der Waals surface area (Å²) in [5.41, 5.74) is 0.